The second-order valence-electron chi connectivity index (χ2n) is 6.30. The Morgan fingerprint density at radius 3 is 2.86 bits per heavy atom. The molecule has 0 saturated heterocycles. The molecule has 3 rings (SSSR count). The van der Waals surface area contributed by atoms with E-state index in [2.05, 4.69) is 25.2 Å². The van der Waals surface area contributed by atoms with E-state index < -0.39 is 0 Å². The van der Waals surface area contributed by atoms with Crippen LogP contribution < -0.4 is 10.1 Å². The summed E-state index contributed by atoms with van der Waals surface area (Å²) in [5.41, 5.74) is 1.06. The number of ether oxygens (including phenoxy) is 1. The summed E-state index contributed by atoms with van der Waals surface area (Å²) < 4.78 is 6.48. The maximum Gasteiger partial charge on any atom is 0.184 e. The third-order valence-corrected chi connectivity index (χ3v) is 5.53. The van der Waals surface area contributed by atoms with Gasteiger partial charge < -0.3 is 10.1 Å². The SMILES string of the molecule is COc1ccc2nc(NC3CCCCC3C(C)C)sc2c1. The largest absolute Gasteiger partial charge is 0.497 e. The lowest BCUT2D eigenvalue weighted by molar-refractivity contribution is 0.254. The molecule has 2 aromatic rings. The molecular formula is C17H24N2OS. The first-order chi connectivity index (χ1) is 10.2. The van der Waals surface area contributed by atoms with Crippen molar-refractivity contribution in [2.75, 3.05) is 12.4 Å². The zero-order chi connectivity index (χ0) is 14.8. The monoisotopic (exact) mass is 304 g/mol. The molecule has 4 heteroatoms. The van der Waals surface area contributed by atoms with Crippen molar-refractivity contribution in [3.05, 3.63) is 18.2 Å². The Hall–Kier alpha value is -1.29. The standard InChI is InChI=1S/C17H24N2OS/c1-11(2)13-6-4-5-7-14(13)18-17-19-15-9-8-12(20-3)10-16(15)21-17/h8-11,13-14H,4-7H2,1-3H3,(H,18,19). The van der Waals surface area contributed by atoms with E-state index in [1.54, 1.807) is 18.4 Å². The van der Waals surface area contributed by atoms with Crippen LogP contribution in [0.1, 0.15) is 39.5 Å². The number of anilines is 1. The van der Waals surface area contributed by atoms with Gasteiger partial charge in [0, 0.05) is 6.04 Å². The minimum Gasteiger partial charge on any atom is -0.497 e. The average Bonchev–Trinajstić information content (AvgIpc) is 2.88. The summed E-state index contributed by atoms with van der Waals surface area (Å²) in [6.45, 7) is 4.68. The van der Waals surface area contributed by atoms with Gasteiger partial charge in [0.15, 0.2) is 5.13 Å². The predicted molar refractivity (Wildman–Crippen MR) is 90.4 cm³/mol. The quantitative estimate of drug-likeness (QED) is 0.869. The van der Waals surface area contributed by atoms with Gasteiger partial charge >= 0.3 is 0 Å². The fourth-order valence-corrected chi connectivity index (χ4v) is 4.34. The highest BCUT2D eigenvalue weighted by Gasteiger charge is 2.28. The topological polar surface area (TPSA) is 34.1 Å². The van der Waals surface area contributed by atoms with Crippen molar-refractivity contribution < 1.29 is 4.74 Å². The number of aromatic nitrogens is 1. The molecule has 1 aromatic carbocycles. The van der Waals surface area contributed by atoms with Crippen LogP contribution in [0.2, 0.25) is 0 Å². The van der Waals surface area contributed by atoms with Gasteiger partial charge in [-0.3, -0.25) is 0 Å². The van der Waals surface area contributed by atoms with Crippen molar-refractivity contribution in [3.63, 3.8) is 0 Å². The van der Waals surface area contributed by atoms with E-state index in [0.29, 0.717) is 6.04 Å². The fraction of sp³-hybridized carbons (Fsp3) is 0.588. The first-order valence-corrected chi connectivity index (χ1v) is 8.70. The third-order valence-electron chi connectivity index (χ3n) is 4.58. The summed E-state index contributed by atoms with van der Waals surface area (Å²) in [4.78, 5) is 4.73. The second-order valence-corrected chi connectivity index (χ2v) is 7.33. The fourth-order valence-electron chi connectivity index (χ4n) is 3.39. The first-order valence-electron chi connectivity index (χ1n) is 7.88. The van der Waals surface area contributed by atoms with Crippen molar-refractivity contribution in [3.8, 4) is 5.75 Å². The van der Waals surface area contributed by atoms with Gasteiger partial charge in [-0.15, -0.1) is 0 Å². The molecule has 1 fully saturated rings. The molecule has 2 unspecified atom stereocenters. The van der Waals surface area contributed by atoms with Crippen LogP contribution >= 0.6 is 11.3 Å². The summed E-state index contributed by atoms with van der Waals surface area (Å²) in [7, 11) is 1.70. The molecule has 1 saturated carbocycles. The van der Waals surface area contributed by atoms with Crippen molar-refractivity contribution in [1.29, 1.82) is 0 Å². The summed E-state index contributed by atoms with van der Waals surface area (Å²) in [6.07, 6.45) is 5.31. The zero-order valence-corrected chi connectivity index (χ0v) is 13.9. The summed E-state index contributed by atoms with van der Waals surface area (Å²) in [5.74, 6) is 2.40. The van der Waals surface area contributed by atoms with E-state index in [1.165, 1.54) is 30.4 Å². The van der Waals surface area contributed by atoms with E-state index >= 15 is 0 Å². The van der Waals surface area contributed by atoms with Crippen LogP contribution in [0.5, 0.6) is 5.75 Å². The molecule has 0 aliphatic heterocycles. The number of rotatable bonds is 4. The van der Waals surface area contributed by atoms with Crippen LogP contribution in [0.15, 0.2) is 18.2 Å². The highest BCUT2D eigenvalue weighted by atomic mass is 32.1. The Bertz CT molecular complexity index is 608. The van der Waals surface area contributed by atoms with Gasteiger partial charge in [-0.25, -0.2) is 4.98 Å². The molecule has 0 bridgehead atoms. The van der Waals surface area contributed by atoms with Crippen LogP contribution in [0, 0.1) is 11.8 Å². The number of thiazole rings is 1. The van der Waals surface area contributed by atoms with E-state index in [1.807, 2.05) is 12.1 Å². The first kappa shape index (κ1) is 14.6. The summed E-state index contributed by atoms with van der Waals surface area (Å²) >= 11 is 1.73. The van der Waals surface area contributed by atoms with Gasteiger partial charge in [0.2, 0.25) is 0 Å². The normalized spacial score (nSPS) is 22.7. The highest BCUT2D eigenvalue weighted by Crippen LogP contribution is 2.35. The molecule has 1 aromatic heterocycles. The zero-order valence-electron chi connectivity index (χ0n) is 13.1. The van der Waals surface area contributed by atoms with E-state index in [4.69, 9.17) is 9.72 Å². The van der Waals surface area contributed by atoms with Crippen molar-refractivity contribution in [2.45, 2.75) is 45.6 Å². The van der Waals surface area contributed by atoms with Gasteiger partial charge in [-0.1, -0.05) is 38.0 Å². The Morgan fingerprint density at radius 2 is 2.10 bits per heavy atom. The number of nitrogens with zero attached hydrogens (tertiary/aromatic N) is 1. The van der Waals surface area contributed by atoms with E-state index in [9.17, 15) is 0 Å². The lowest BCUT2D eigenvalue weighted by Crippen LogP contribution is -2.35. The maximum atomic E-state index is 5.29. The minimum atomic E-state index is 0.571. The van der Waals surface area contributed by atoms with Crippen molar-refractivity contribution in [2.24, 2.45) is 11.8 Å². The molecule has 0 amide bonds. The third kappa shape index (κ3) is 3.15. The molecule has 1 heterocycles. The lowest BCUT2D eigenvalue weighted by atomic mass is 9.78. The molecule has 21 heavy (non-hydrogen) atoms. The van der Waals surface area contributed by atoms with Gasteiger partial charge in [-0.05, 0) is 42.9 Å². The van der Waals surface area contributed by atoms with Crippen molar-refractivity contribution >= 4 is 26.7 Å². The Labute approximate surface area is 130 Å². The summed E-state index contributed by atoms with van der Waals surface area (Å²) in [6, 6.07) is 6.65. The molecule has 3 nitrogen and oxygen atoms in total. The van der Waals surface area contributed by atoms with Gasteiger partial charge in [0.1, 0.15) is 5.75 Å². The van der Waals surface area contributed by atoms with Crippen LogP contribution in [0.3, 0.4) is 0 Å². The number of methoxy groups -OCH3 is 1. The number of hydrogen-bond donors (Lipinski definition) is 1. The minimum absolute atomic E-state index is 0.571. The number of benzene rings is 1. The van der Waals surface area contributed by atoms with Crippen molar-refractivity contribution in [1.82, 2.24) is 4.98 Å². The number of nitrogens with one attached hydrogen (secondary N) is 1. The average molecular weight is 304 g/mol. The number of fused-ring (bicyclic) bond motifs is 1. The number of hydrogen-bond acceptors (Lipinski definition) is 4. The molecule has 2 atom stereocenters. The molecule has 1 aliphatic carbocycles. The van der Waals surface area contributed by atoms with Gasteiger partial charge in [0.25, 0.3) is 0 Å². The molecule has 1 aliphatic rings. The van der Waals surface area contributed by atoms with Crippen LogP contribution in [-0.2, 0) is 0 Å². The Balaban J connectivity index is 1.80. The van der Waals surface area contributed by atoms with Crippen LogP contribution in [-0.4, -0.2) is 18.1 Å². The molecule has 1 N–H and O–H groups in total. The Kier molecular flexibility index (Phi) is 4.34. The second kappa shape index (κ2) is 6.22. The lowest BCUT2D eigenvalue weighted by Gasteiger charge is -2.34. The Morgan fingerprint density at radius 1 is 1.29 bits per heavy atom. The van der Waals surface area contributed by atoms with Crippen LogP contribution in [0.25, 0.3) is 10.2 Å². The maximum absolute atomic E-state index is 5.29. The highest BCUT2D eigenvalue weighted by molar-refractivity contribution is 7.22. The van der Waals surface area contributed by atoms with E-state index in [0.717, 1.165) is 28.2 Å². The van der Waals surface area contributed by atoms with Crippen LogP contribution in [0.4, 0.5) is 5.13 Å². The molecular weight excluding hydrogens is 280 g/mol. The molecule has 0 radical (unpaired) electrons. The van der Waals surface area contributed by atoms with Gasteiger partial charge in [-0.2, -0.15) is 0 Å². The molecule has 114 valence electrons. The molecule has 0 spiro atoms. The van der Waals surface area contributed by atoms with Gasteiger partial charge in [0.05, 0.1) is 17.3 Å². The van der Waals surface area contributed by atoms with E-state index in [-0.39, 0.29) is 0 Å². The predicted octanol–water partition coefficient (Wildman–Crippen LogP) is 4.93. The smallest absolute Gasteiger partial charge is 0.184 e. The summed E-state index contributed by atoms with van der Waals surface area (Å²) in [5, 5.41) is 4.76.